The molecule has 0 bridgehead atoms. The molecule has 1 heterocycles. The summed E-state index contributed by atoms with van der Waals surface area (Å²) in [5.41, 5.74) is 0.0902. The minimum atomic E-state index is -0.625. The number of carbonyl (C=O) groups excluding carboxylic acids is 2. The van der Waals surface area contributed by atoms with Crippen molar-refractivity contribution in [2.24, 2.45) is 5.92 Å². The number of halogens is 2. The summed E-state index contributed by atoms with van der Waals surface area (Å²) in [5.74, 6) is -1.09. The van der Waals surface area contributed by atoms with Crippen molar-refractivity contribution < 1.29 is 23.1 Å². The van der Waals surface area contributed by atoms with Crippen molar-refractivity contribution >= 4 is 12.4 Å². The number of unbranched alkanes of at least 4 members (excludes halogenated alkanes) is 1. The number of ether oxygens (including phenoxy) is 1. The predicted octanol–water partition coefficient (Wildman–Crippen LogP) is 3.43. The normalized spacial score (nSPS) is 28.2. The molecule has 130 valence electrons. The van der Waals surface area contributed by atoms with E-state index in [1.54, 1.807) is 0 Å². The smallest absolute Gasteiger partial charge is 0.410 e. The second-order valence-electron chi connectivity index (χ2n) is 6.75. The predicted molar refractivity (Wildman–Crippen MR) is 83.6 cm³/mol. The lowest BCUT2D eigenvalue weighted by Gasteiger charge is -2.36. The van der Waals surface area contributed by atoms with Crippen LogP contribution >= 0.6 is 0 Å². The fraction of sp³-hybridized carbons (Fsp3) is 0.556. The molecule has 3 unspecified atom stereocenters. The minimum absolute atomic E-state index is 0.161. The van der Waals surface area contributed by atoms with Crippen LogP contribution in [0.1, 0.15) is 38.2 Å². The Balaban J connectivity index is 1.80. The lowest BCUT2D eigenvalue weighted by Crippen LogP contribution is -2.50. The summed E-state index contributed by atoms with van der Waals surface area (Å²) >= 11 is 0. The minimum Gasteiger partial charge on any atom is -0.449 e. The van der Waals surface area contributed by atoms with E-state index in [4.69, 9.17) is 4.74 Å². The van der Waals surface area contributed by atoms with Crippen LogP contribution in [0.15, 0.2) is 18.2 Å². The van der Waals surface area contributed by atoms with Crippen LogP contribution in [0.5, 0.6) is 0 Å². The van der Waals surface area contributed by atoms with Gasteiger partial charge in [0.15, 0.2) is 0 Å². The van der Waals surface area contributed by atoms with E-state index in [2.05, 4.69) is 0 Å². The molecule has 1 aliphatic carbocycles. The average molecular weight is 337 g/mol. The number of fused-ring (bicyclic) bond motifs is 1. The molecule has 2 fully saturated rings. The first-order valence-electron chi connectivity index (χ1n) is 8.35. The molecule has 1 aromatic rings. The van der Waals surface area contributed by atoms with Gasteiger partial charge in [-0.15, -0.1) is 0 Å². The molecule has 4 nitrogen and oxygen atoms in total. The largest absolute Gasteiger partial charge is 0.449 e. The third-order valence-electron chi connectivity index (χ3n) is 5.16. The SMILES string of the molecule is CCCCOC(=O)N1CC2(c3cc(F)cc(F)c3)CC2CC1C=O. The number of likely N-dealkylation sites (tertiary alicyclic amines) is 1. The average Bonchev–Trinajstić information content (AvgIpc) is 3.27. The Bertz CT molecular complexity index is 631. The summed E-state index contributed by atoms with van der Waals surface area (Å²) in [6.07, 6.45) is 3.12. The molecule has 1 saturated carbocycles. The van der Waals surface area contributed by atoms with Crippen molar-refractivity contribution in [2.45, 2.75) is 44.1 Å². The van der Waals surface area contributed by atoms with Crippen molar-refractivity contribution in [3.05, 3.63) is 35.4 Å². The molecule has 1 aromatic carbocycles. The van der Waals surface area contributed by atoms with E-state index in [0.717, 1.165) is 31.6 Å². The van der Waals surface area contributed by atoms with Gasteiger partial charge in [-0.2, -0.15) is 0 Å². The van der Waals surface area contributed by atoms with Gasteiger partial charge in [-0.05, 0) is 42.9 Å². The van der Waals surface area contributed by atoms with Crippen LogP contribution < -0.4 is 0 Å². The Labute approximate surface area is 139 Å². The van der Waals surface area contributed by atoms with Crippen LogP contribution in [0.25, 0.3) is 0 Å². The van der Waals surface area contributed by atoms with E-state index in [1.807, 2.05) is 6.92 Å². The molecule has 1 saturated heterocycles. The van der Waals surface area contributed by atoms with Crippen LogP contribution in [-0.4, -0.2) is 36.5 Å². The van der Waals surface area contributed by atoms with Gasteiger partial charge in [-0.1, -0.05) is 13.3 Å². The molecule has 1 amide bonds. The standard InChI is InChI=1S/C18H21F2NO3/c1-2-3-4-24-17(23)21-11-18(9-13(18)7-16(21)10-22)12-5-14(19)8-15(20)6-12/h5-6,8,10,13,16H,2-4,7,9,11H2,1H3. The van der Waals surface area contributed by atoms with Gasteiger partial charge in [-0.25, -0.2) is 13.6 Å². The highest BCUT2D eigenvalue weighted by molar-refractivity contribution is 5.74. The monoisotopic (exact) mass is 337 g/mol. The van der Waals surface area contributed by atoms with Crippen molar-refractivity contribution in [3.8, 4) is 0 Å². The molecule has 0 N–H and O–H groups in total. The third-order valence-corrected chi connectivity index (χ3v) is 5.16. The molecule has 24 heavy (non-hydrogen) atoms. The second-order valence-corrected chi connectivity index (χ2v) is 6.75. The number of rotatable bonds is 5. The summed E-state index contributed by atoms with van der Waals surface area (Å²) in [5, 5.41) is 0. The zero-order valence-corrected chi connectivity index (χ0v) is 13.6. The Morgan fingerprint density at radius 1 is 1.38 bits per heavy atom. The highest BCUT2D eigenvalue weighted by Gasteiger charge is 2.61. The van der Waals surface area contributed by atoms with Gasteiger partial charge in [0.05, 0.1) is 12.6 Å². The molecule has 0 radical (unpaired) electrons. The van der Waals surface area contributed by atoms with Crippen LogP contribution in [0.2, 0.25) is 0 Å². The number of carbonyl (C=O) groups is 2. The molecule has 0 aromatic heterocycles. The first-order valence-corrected chi connectivity index (χ1v) is 8.35. The van der Waals surface area contributed by atoms with E-state index < -0.39 is 29.2 Å². The van der Waals surface area contributed by atoms with Crippen LogP contribution in [0.3, 0.4) is 0 Å². The molecule has 0 spiro atoms. The maximum Gasteiger partial charge on any atom is 0.410 e. The number of benzene rings is 1. The van der Waals surface area contributed by atoms with Gasteiger partial charge in [-0.3, -0.25) is 4.90 Å². The Morgan fingerprint density at radius 2 is 2.08 bits per heavy atom. The van der Waals surface area contributed by atoms with E-state index in [0.29, 0.717) is 18.6 Å². The van der Waals surface area contributed by atoms with Gasteiger partial charge in [0, 0.05) is 18.0 Å². The molecular formula is C18H21F2NO3. The van der Waals surface area contributed by atoms with E-state index >= 15 is 0 Å². The summed E-state index contributed by atoms with van der Waals surface area (Å²) in [6.45, 7) is 2.56. The number of nitrogens with zero attached hydrogens (tertiary/aromatic N) is 1. The number of piperidine rings is 1. The fourth-order valence-electron chi connectivity index (χ4n) is 3.73. The number of aldehydes is 1. The summed E-state index contributed by atoms with van der Waals surface area (Å²) in [7, 11) is 0. The van der Waals surface area contributed by atoms with E-state index in [-0.39, 0.29) is 12.5 Å². The van der Waals surface area contributed by atoms with Gasteiger partial charge < -0.3 is 9.53 Å². The topological polar surface area (TPSA) is 46.6 Å². The lowest BCUT2D eigenvalue weighted by atomic mass is 9.86. The molecule has 1 aliphatic heterocycles. The number of hydrogen-bond acceptors (Lipinski definition) is 3. The highest BCUT2D eigenvalue weighted by Crippen LogP contribution is 2.59. The first-order chi connectivity index (χ1) is 11.5. The second kappa shape index (κ2) is 6.49. The molecule has 3 atom stereocenters. The lowest BCUT2D eigenvalue weighted by molar-refractivity contribution is -0.113. The zero-order chi connectivity index (χ0) is 17.3. The summed E-state index contributed by atoms with van der Waals surface area (Å²) in [6, 6.07) is 2.96. The van der Waals surface area contributed by atoms with Gasteiger partial charge in [0.25, 0.3) is 0 Å². The number of hydrogen-bond donors (Lipinski definition) is 0. The van der Waals surface area contributed by atoms with E-state index in [9.17, 15) is 18.4 Å². The zero-order valence-electron chi connectivity index (χ0n) is 13.6. The maximum atomic E-state index is 13.6. The Hall–Kier alpha value is -1.98. The van der Waals surface area contributed by atoms with Crippen LogP contribution in [0, 0.1) is 17.6 Å². The molecule has 2 aliphatic rings. The number of amides is 1. The fourth-order valence-corrected chi connectivity index (χ4v) is 3.73. The summed E-state index contributed by atoms with van der Waals surface area (Å²) in [4.78, 5) is 25.1. The van der Waals surface area contributed by atoms with E-state index in [1.165, 1.54) is 17.0 Å². The van der Waals surface area contributed by atoms with Crippen molar-refractivity contribution in [3.63, 3.8) is 0 Å². The maximum absolute atomic E-state index is 13.6. The quantitative estimate of drug-likeness (QED) is 0.611. The van der Waals surface area contributed by atoms with Crippen LogP contribution in [-0.2, 0) is 14.9 Å². The first kappa shape index (κ1) is 16.9. The molecule has 3 rings (SSSR count). The van der Waals surface area contributed by atoms with Gasteiger partial charge in [0.1, 0.15) is 17.9 Å². The van der Waals surface area contributed by atoms with Crippen molar-refractivity contribution in [2.75, 3.05) is 13.2 Å². The van der Waals surface area contributed by atoms with Crippen molar-refractivity contribution in [1.82, 2.24) is 4.90 Å². The summed E-state index contributed by atoms with van der Waals surface area (Å²) < 4.78 is 32.4. The third kappa shape index (κ3) is 3.01. The highest BCUT2D eigenvalue weighted by atomic mass is 19.1. The Kier molecular flexibility index (Phi) is 4.56. The van der Waals surface area contributed by atoms with Crippen molar-refractivity contribution in [1.29, 1.82) is 0 Å². The molecule has 6 heteroatoms. The molecular weight excluding hydrogens is 316 g/mol. The Morgan fingerprint density at radius 3 is 2.71 bits per heavy atom. The van der Waals surface area contributed by atoms with Crippen LogP contribution in [0.4, 0.5) is 13.6 Å². The van der Waals surface area contributed by atoms with Gasteiger partial charge in [0.2, 0.25) is 0 Å². The van der Waals surface area contributed by atoms with Gasteiger partial charge >= 0.3 is 6.09 Å².